The first-order chi connectivity index (χ1) is 14.9. The number of hydrogen-bond acceptors (Lipinski definition) is 4. The summed E-state index contributed by atoms with van der Waals surface area (Å²) in [4.78, 5) is 12.8. The van der Waals surface area contributed by atoms with Gasteiger partial charge in [-0.15, -0.1) is 0 Å². The Labute approximate surface area is 194 Å². The lowest BCUT2D eigenvalue weighted by Gasteiger charge is -2.25. The van der Waals surface area contributed by atoms with Gasteiger partial charge in [0.25, 0.3) is 10.0 Å². The van der Waals surface area contributed by atoms with E-state index in [9.17, 15) is 13.2 Å². The topological polar surface area (TPSA) is 66.5 Å². The van der Waals surface area contributed by atoms with Crippen LogP contribution in [0.25, 0.3) is 0 Å². The molecule has 8 heteroatoms. The first-order valence-electron chi connectivity index (χ1n) is 10.6. The van der Waals surface area contributed by atoms with Gasteiger partial charge in [0, 0.05) is 22.6 Å². The first kappa shape index (κ1) is 24.0. The van der Waals surface area contributed by atoms with Crippen LogP contribution in [0.4, 0.5) is 5.69 Å². The highest BCUT2D eigenvalue weighted by atomic mass is 35.5. The van der Waals surface area contributed by atoms with Crippen molar-refractivity contribution in [3.8, 4) is 0 Å². The van der Waals surface area contributed by atoms with E-state index in [1.807, 2.05) is 18.7 Å². The Balaban J connectivity index is 1.69. The average Bonchev–Trinajstić information content (AvgIpc) is 2.78. The SMILES string of the molecule is Cc1ccc(N(CC(=O)NCCSC2CCCCC2)S(=O)(=O)c2ccccc2)cc1Cl. The molecule has 168 valence electrons. The zero-order valence-electron chi connectivity index (χ0n) is 17.7. The zero-order chi connectivity index (χ0) is 22.3. The number of thioether (sulfide) groups is 1. The van der Waals surface area contributed by atoms with Gasteiger partial charge in [0.15, 0.2) is 0 Å². The van der Waals surface area contributed by atoms with Crippen LogP contribution < -0.4 is 9.62 Å². The fraction of sp³-hybridized carbons (Fsp3) is 0.435. The Morgan fingerprint density at radius 2 is 1.84 bits per heavy atom. The minimum atomic E-state index is -3.92. The number of nitrogens with one attached hydrogen (secondary N) is 1. The third kappa shape index (κ3) is 6.64. The molecule has 0 aromatic heterocycles. The third-order valence-electron chi connectivity index (χ3n) is 5.39. The van der Waals surface area contributed by atoms with Gasteiger partial charge < -0.3 is 5.32 Å². The molecule has 0 atom stereocenters. The second-order valence-electron chi connectivity index (χ2n) is 7.74. The monoisotopic (exact) mass is 480 g/mol. The van der Waals surface area contributed by atoms with Gasteiger partial charge in [-0.1, -0.05) is 55.1 Å². The maximum atomic E-state index is 13.3. The van der Waals surface area contributed by atoms with Crippen molar-refractivity contribution < 1.29 is 13.2 Å². The van der Waals surface area contributed by atoms with Gasteiger partial charge in [0.2, 0.25) is 5.91 Å². The highest BCUT2D eigenvalue weighted by molar-refractivity contribution is 7.99. The molecule has 0 saturated heterocycles. The van der Waals surface area contributed by atoms with Gasteiger partial charge in [-0.3, -0.25) is 9.10 Å². The molecule has 0 spiro atoms. The molecule has 2 aromatic carbocycles. The van der Waals surface area contributed by atoms with Crippen molar-refractivity contribution in [2.75, 3.05) is 23.1 Å². The molecular weight excluding hydrogens is 452 g/mol. The molecule has 1 aliphatic carbocycles. The van der Waals surface area contributed by atoms with Crippen molar-refractivity contribution in [3.05, 3.63) is 59.1 Å². The maximum absolute atomic E-state index is 13.3. The number of carbonyl (C=O) groups is 1. The van der Waals surface area contributed by atoms with Gasteiger partial charge >= 0.3 is 0 Å². The lowest BCUT2D eigenvalue weighted by atomic mass is 10.0. The smallest absolute Gasteiger partial charge is 0.264 e. The predicted molar refractivity (Wildman–Crippen MR) is 130 cm³/mol. The summed E-state index contributed by atoms with van der Waals surface area (Å²) < 4.78 is 27.7. The van der Waals surface area contributed by atoms with E-state index in [1.54, 1.807) is 36.4 Å². The van der Waals surface area contributed by atoms with E-state index >= 15 is 0 Å². The number of nitrogens with zero attached hydrogens (tertiary/aromatic N) is 1. The number of rotatable bonds is 9. The van der Waals surface area contributed by atoms with Crippen LogP contribution in [0.2, 0.25) is 5.02 Å². The first-order valence-corrected chi connectivity index (χ1v) is 13.5. The molecule has 1 aliphatic rings. The molecule has 1 amide bonds. The normalized spacial score (nSPS) is 14.9. The molecule has 0 aliphatic heterocycles. The van der Waals surface area contributed by atoms with Crippen molar-refractivity contribution >= 4 is 45.0 Å². The molecule has 0 radical (unpaired) electrons. The molecule has 2 aromatic rings. The number of carbonyl (C=O) groups excluding carboxylic acids is 1. The molecule has 5 nitrogen and oxygen atoms in total. The molecule has 1 saturated carbocycles. The van der Waals surface area contributed by atoms with Gasteiger partial charge in [0.1, 0.15) is 6.54 Å². The molecule has 0 unspecified atom stereocenters. The van der Waals surface area contributed by atoms with Crippen molar-refractivity contribution in [2.24, 2.45) is 0 Å². The van der Waals surface area contributed by atoms with Gasteiger partial charge in [-0.05, 0) is 49.6 Å². The van der Waals surface area contributed by atoms with Crippen molar-refractivity contribution in [1.82, 2.24) is 5.32 Å². The molecule has 1 N–H and O–H groups in total. The second kappa shape index (κ2) is 11.2. The van der Waals surface area contributed by atoms with Crippen molar-refractivity contribution in [3.63, 3.8) is 0 Å². The van der Waals surface area contributed by atoms with Crippen LogP contribution in [0.1, 0.15) is 37.7 Å². The largest absolute Gasteiger partial charge is 0.354 e. The second-order valence-corrected chi connectivity index (χ2v) is 11.4. The lowest BCUT2D eigenvalue weighted by Crippen LogP contribution is -2.41. The zero-order valence-corrected chi connectivity index (χ0v) is 20.1. The van der Waals surface area contributed by atoms with E-state index in [-0.39, 0.29) is 17.3 Å². The highest BCUT2D eigenvalue weighted by Crippen LogP contribution is 2.29. The summed E-state index contributed by atoms with van der Waals surface area (Å²) in [6, 6.07) is 13.1. The Bertz CT molecular complexity index is 978. The Morgan fingerprint density at radius 1 is 1.13 bits per heavy atom. The van der Waals surface area contributed by atoms with Crippen LogP contribution in [0.5, 0.6) is 0 Å². The van der Waals surface area contributed by atoms with E-state index in [0.717, 1.165) is 15.6 Å². The van der Waals surface area contributed by atoms with E-state index in [1.165, 1.54) is 44.2 Å². The average molecular weight is 481 g/mol. The van der Waals surface area contributed by atoms with E-state index in [2.05, 4.69) is 5.32 Å². The number of aryl methyl sites for hydroxylation is 1. The molecular formula is C23H29ClN2O3S2. The number of hydrogen-bond donors (Lipinski definition) is 1. The highest BCUT2D eigenvalue weighted by Gasteiger charge is 2.27. The quantitative estimate of drug-likeness (QED) is 0.511. The molecule has 31 heavy (non-hydrogen) atoms. The fourth-order valence-corrected chi connectivity index (χ4v) is 6.43. The summed E-state index contributed by atoms with van der Waals surface area (Å²) in [5.74, 6) is 0.499. The lowest BCUT2D eigenvalue weighted by molar-refractivity contribution is -0.119. The molecule has 0 heterocycles. The number of benzene rings is 2. The number of halogens is 1. The molecule has 0 bridgehead atoms. The molecule has 3 rings (SSSR count). The Morgan fingerprint density at radius 3 is 2.52 bits per heavy atom. The van der Waals surface area contributed by atoms with Gasteiger partial charge in [0.05, 0.1) is 10.6 Å². The van der Waals surface area contributed by atoms with Crippen LogP contribution in [0.15, 0.2) is 53.4 Å². The van der Waals surface area contributed by atoms with Crippen molar-refractivity contribution in [1.29, 1.82) is 0 Å². The summed E-state index contributed by atoms with van der Waals surface area (Å²) in [6.07, 6.45) is 6.39. The van der Waals surface area contributed by atoms with Gasteiger partial charge in [-0.25, -0.2) is 8.42 Å². The van der Waals surface area contributed by atoms with Crippen LogP contribution >= 0.6 is 23.4 Å². The fourth-order valence-electron chi connectivity index (χ4n) is 3.61. The standard InChI is InChI=1S/C23H29ClN2O3S2/c1-18-12-13-19(16-22(18)24)26(31(28,29)21-10-6-3-7-11-21)17-23(27)25-14-15-30-20-8-4-2-5-9-20/h3,6-7,10-13,16,20H,2,4-5,8-9,14-15,17H2,1H3,(H,25,27). The maximum Gasteiger partial charge on any atom is 0.264 e. The Kier molecular flexibility index (Phi) is 8.69. The summed E-state index contributed by atoms with van der Waals surface area (Å²) in [7, 11) is -3.92. The third-order valence-corrected chi connectivity index (χ3v) is 8.97. The van der Waals surface area contributed by atoms with Crippen LogP contribution in [0.3, 0.4) is 0 Å². The van der Waals surface area contributed by atoms with Crippen LogP contribution in [-0.4, -0.2) is 38.4 Å². The Hall–Kier alpha value is -1.70. The van der Waals surface area contributed by atoms with Crippen LogP contribution in [-0.2, 0) is 14.8 Å². The van der Waals surface area contributed by atoms with Crippen molar-refractivity contribution in [2.45, 2.75) is 49.2 Å². The van der Waals surface area contributed by atoms with Crippen LogP contribution in [0, 0.1) is 6.92 Å². The summed E-state index contributed by atoms with van der Waals surface area (Å²) in [5, 5.41) is 4.00. The summed E-state index contributed by atoms with van der Waals surface area (Å²) in [5.41, 5.74) is 1.21. The van der Waals surface area contributed by atoms with E-state index in [4.69, 9.17) is 11.6 Å². The number of sulfonamides is 1. The van der Waals surface area contributed by atoms with Gasteiger partial charge in [-0.2, -0.15) is 11.8 Å². The van der Waals surface area contributed by atoms with E-state index < -0.39 is 10.0 Å². The molecule has 1 fully saturated rings. The minimum absolute atomic E-state index is 0.132. The predicted octanol–water partition coefficient (Wildman–Crippen LogP) is 5.03. The number of anilines is 1. The van der Waals surface area contributed by atoms with E-state index in [0.29, 0.717) is 22.5 Å². The summed E-state index contributed by atoms with van der Waals surface area (Å²) >= 11 is 8.14. The number of amides is 1. The summed E-state index contributed by atoms with van der Waals surface area (Å²) in [6.45, 7) is 2.07. The minimum Gasteiger partial charge on any atom is -0.354 e.